The van der Waals surface area contributed by atoms with E-state index in [2.05, 4.69) is 37.9 Å². The maximum atomic E-state index is 13.2. The first-order chi connectivity index (χ1) is 18.8. The lowest BCUT2D eigenvalue weighted by atomic mass is 10.1. The van der Waals surface area contributed by atoms with E-state index in [4.69, 9.17) is 21.1 Å². The molecular weight excluding hydrogens is 584 g/mol. The van der Waals surface area contributed by atoms with Crippen molar-refractivity contribution in [3.8, 4) is 11.5 Å². The average molecular weight is 610 g/mol. The number of nitrogens with zero attached hydrogens (tertiary/aromatic N) is 3. The second-order valence-electron chi connectivity index (χ2n) is 8.45. The van der Waals surface area contributed by atoms with Crippen LogP contribution in [0.5, 0.6) is 11.5 Å². The van der Waals surface area contributed by atoms with Crippen LogP contribution in [-0.2, 0) is 17.6 Å². The predicted octanol–water partition coefficient (Wildman–Crippen LogP) is 6.01. The molecule has 1 amide bonds. The summed E-state index contributed by atoms with van der Waals surface area (Å²) >= 11 is 9.31. The summed E-state index contributed by atoms with van der Waals surface area (Å²) < 4.78 is 13.5. The van der Waals surface area contributed by atoms with Gasteiger partial charge in [-0.25, -0.2) is 4.98 Å². The fourth-order valence-electron chi connectivity index (χ4n) is 3.92. The van der Waals surface area contributed by atoms with Crippen molar-refractivity contribution in [2.45, 2.75) is 19.8 Å². The molecule has 0 fully saturated rings. The number of ether oxygens (including phenoxy) is 2. The van der Waals surface area contributed by atoms with Crippen LogP contribution in [0, 0.1) is 0 Å². The van der Waals surface area contributed by atoms with Crippen molar-refractivity contribution in [2.75, 3.05) is 19.0 Å². The molecule has 8 nitrogen and oxygen atoms in total. The number of carbonyl (C=O) groups is 1. The zero-order valence-electron chi connectivity index (χ0n) is 21.4. The summed E-state index contributed by atoms with van der Waals surface area (Å²) in [5.74, 6) is 1.04. The minimum atomic E-state index is -0.337. The van der Waals surface area contributed by atoms with Crippen molar-refractivity contribution in [3.63, 3.8) is 0 Å². The van der Waals surface area contributed by atoms with E-state index in [-0.39, 0.29) is 18.1 Å². The van der Waals surface area contributed by atoms with Gasteiger partial charge < -0.3 is 14.8 Å². The normalized spacial score (nSPS) is 11.1. The average Bonchev–Trinajstić information content (AvgIpc) is 2.93. The van der Waals surface area contributed by atoms with Crippen LogP contribution in [0.25, 0.3) is 10.9 Å². The van der Waals surface area contributed by atoms with Gasteiger partial charge in [-0.15, -0.1) is 6.58 Å². The molecule has 39 heavy (non-hydrogen) atoms. The SMILES string of the molecule is C=CCc1cc(C=Nn2c(CC)nc3ccc(Br)cc3c2=O)cc(OC)c1OCC(=O)Nc1ccc(Cl)cc1. The zero-order chi connectivity index (χ0) is 27.9. The lowest BCUT2D eigenvalue weighted by Gasteiger charge is -2.16. The van der Waals surface area contributed by atoms with Crippen molar-refractivity contribution in [1.29, 1.82) is 0 Å². The van der Waals surface area contributed by atoms with Crippen LogP contribution >= 0.6 is 27.5 Å². The number of hydrogen-bond donors (Lipinski definition) is 1. The highest BCUT2D eigenvalue weighted by Crippen LogP contribution is 2.33. The maximum absolute atomic E-state index is 13.2. The predicted molar refractivity (Wildman–Crippen MR) is 159 cm³/mol. The fourth-order valence-corrected chi connectivity index (χ4v) is 4.40. The Morgan fingerprint density at radius 2 is 1.97 bits per heavy atom. The minimum Gasteiger partial charge on any atom is -0.493 e. The monoisotopic (exact) mass is 608 g/mol. The van der Waals surface area contributed by atoms with E-state index in [9.17, 15) is 9.59 Å². The molecule has 200 valence electrons. The topological polar surface area (TPSA) is 94.8 Å². The van der Waals surface area contributed by atoms with Gasteiger partial charge in [-0.2, -0.15) is 9.78 Å². The number of halogens is 2. The van der Waals surface area contributed by atoms with E-state index in [0.717, 1.165) is 10.0 Å². The van der Waals surface area contributed by atoms with Crippen molar-refractivity contribution >= 4 is 56.2 Å². The molecule has 0 aliphatic heterocycles. The Hall–Kier alpha value is -3.95. The lowest BCUT2D eigenvalue weighted by Crippen LogP contribution is -2.22. The molecular formula is C29H26BrClN4O4. The summed E-state index contributed by atoms with van der Waals surface area (Å²) in [6.07, 6.45) is 4.27. The van der Waals surface area contributed by atoms with Crippen molar-refractivity contribution < 1.29 is 14.3 Å². The van der Waals surface area contributed by atoms with Gasteiger partial charge in [0.15, 0.2) is 18.1 Å². The molecule has 1 heterocycles. The molecule has 0 atom stereocenters. The molecule has 0 saturated carbocycles. The lowest BCUT2D eigenvalue weighted by molar-refractivity contribution is -0.118. The summed E-state index contributed by atoms with van der Waals surface area (Å²) in [5, 5.41) is 8.27. The van der Waals surface area contributed by atoms with Gasteiger partial charge in [0.1, 0.15) is 5.82 Å². The summed E-state index contributed by atoms with van der Waals surface area (Å²) in [6.45, 7) is 5.51. The molecule has 0 bridgehead atoms. The van der Waals surface area contributed by atoms with Crippen LogP contribution in [0.4, 0.5) is 5.69 Å². The second-order valence-corrected chi connectivity index (χ2v) is 9.80. The number of fused-ring (bicyclic) bond motifs is 1. The Morgan fingerprint density at radius 3 is 2.67 bits per heavy atom. The van der Waals surface area contributed by atoms with Crippen molar-refractivity contribution in [1.82, 2.24) is 9.66 Å². The first-order valence-corrected chi connectivity index (χ1v) is 13.3. The summed E-state index contributed by atoms with van der Waals surface area (Å²) in [6, 6.07) is 15.7. The Kier molecular flexibility index (Phi) is 9.16. The molecule has 4 rings (SSSR count). The van der Waals surface area contributed by atoms with E-state index in [1.165, 1.54) is 11.8 Å². The van der Waals surface area contributed by atoms with Crippen molar-refractivity contribution in [3.05, 3.63) is 104 Å². The third-order valence-corrected chi connectivity index (χ3v) is 6.47. The number of allylic oxidation sites excluding steroid dienone is 1. The summed E-state index contributed by atoms with van der Waals surface area (Å²) in [5.41, 5.74) is 2.37. The molecule has 4 aromatic rings. The highest BCUT2D eigenvalue weighted by atomic mass is 79.9. The van der Waals surface area contributed by atoms with Gasteiger partial charge in [-0.1, -0.05) is 40.5 Å². The van der Waals surface area contributed by atoms with Crippen LogP contribution in [0.3, 0.4) is 0 Å². The molecule has 0 aliphatic carbocycles. The second kappa shape index (κ2) is 12.7. The molecule has 3 aromatic carbocycles. The van der Waals surface area contributed by atoms with E-state index in [1.807, 2.05) is 19.1 Å². The van der Waals surface area contributed by atoms with Crippen LogP contribution in [0.2, 0.25) is 5.02 Å². The van der Waals surface area contributed by atoms with Gasteiger partial charge in [0.05, 0.1) is 24.2 Å². The van der Waals surface area contributed by atoms with Crippen LogP contribution in [-0.4, -0.2) is 35.5 Å². The Bertz CT molecular complexity index is 1620. The van der Waals surface area contributed by atoms with Gasteiger partial charge in [0.25, 0.3) is 11.5 Å². The van der Waals surface area contributed by atoms with Gasteiger partial charge in [-0.3, -0.25) is 9.59 Å². The molecule has 0 saturated heterocycles. The minimum absolute atomic E-state index is 0.232. The molecule has 1 aromatic heterocycles. The first kappa shape index (κ1) is 28.1. The zero-order valence-corrected chi connectivity index (χ0v) is 23.8. The number of rotatable bonds is 10. The Balaban J connectivity index is 1.62. The van der Waals surface area contributed by atoms with Crippen LogP contribution < -0.4 is 20.3 Å². The first-order valence-electron chi connectivity index (χ1n) is 12.1. The largest absolute Gasteiger partial charge is 0.493 e. The standard InChI is InChI=1S/C29H26BrClN4O4/c1-4-6-19-13-18(16-32-35-26(5-2)34-24-12-7-20(30)15-23(24)29(35)37)14-25(38-3)28(19)39-17-27(36)33-22-10-8-21(31)9-11-22/h4,7-16H,1,5-6,17H2,2-3H3,(H,33,36). The third-order valence-electron chi connectivity index (χ3n) is 5.73. The number of aromatic nitrogens is 2. The Morgan fingerprint density at radius 1 is 1.21 bits per heavy atom. The maximum Gasteiger partial charge on any atom is 0.282 e. The summed E-state index contributed by atoms with van der Waals surface area (Å²) in [4.78, 5) is 30.3. The van der Waals surface area contributed by atoms with E-state index in [1.54, 1.807) is 54.8 Å². The quantitative estimate of drug-likeness (QED) is 0.176. The number of anilines is 1. The van der Waals surface area contributed by atoms with Gasteiger partial charge in [0, 0.05) is 27.2 Å². The number of benzene rings is 3. The van der Waals surface area contributed by atoms with Gasteiger partial charge in [0.2, 0.25) is 0 Å². The highest BCUT2D eigenvalue weighted by Gasteiger charge is 2.15. The van der Waals surface area contributed by atoms with Gasteiger partial charge in [-0.05, 0) is 66.6 Å². The highest BCUT2D eigenvalue weighted by molar-refractivity contribution is 9.10. The molecule has 0 aliphatic rings. The molecule has 0 spiro atoms. The van der Waals surface area contributed by atoms with Crippen LogP contribution in [0.1, 0.15) is 23.9 Å². The van der Waals surface area contributed by atoms with E-state index >= 15 is 0 Å². The number of aryl methyl sites for hydroxylation is 1. The van der Waals surface area contributed by atoms with E-state index < -0.39 is 0 Å². The molecule has 0 unspecified atom stereocenters. The molecule has 1 N–H and O–H groups in total. The smallest absolute Gasteiger partial charge is 0.282 e. The molecule has 10 heteroatoms. The number of amides is 1. The fraction of sp³-hybridized carbons (Fsp3) is 0.172. The van der Waals surface area contributed by atoms with E-state index in [0.29, 0.717) is 57.3 Å². The van der Waals surface area contributed by atoms with Crippen LogP contribution in [0.15, 0.2) is 81.6 Å². The summed E-state index contributed by atoms with van der Waals surface area (Å²) in [7, 11) is 1.51. The number of methoxy groups -OCH3 is 1. The number of nitrogens with one attached hydrogen (secondary N) is 1. The number of hydrogen-bond acceptors (Lipinski definition) is 6. The number of carbonyl (C=O) groups excluding carboxylic acids is 1. The Labute approximate surface area is 239 Å². The van der Waals surface area contributed by atoms with Gasteiger partial charge >= 0.3 is 0 Å². The van der Waals surface area contributed by atoms with Crippen molar-refractivity contribution in [2.24, 2.45) is 5.10 Å². The third kappa shape index (κ3) is 6.74. The molecule has 0 radical (unpaired) electrons.